The van der Waals surface area contributed by atoms with E-state index < -0.39 is 0 Å². The largest absolute Gasteiger partial charge is 0.313 e. The van der Waals surface area contributed by atoms with Gasteiger partial charge in [0.25, 0.3) is 0 Å². The molecule has 1 heteroatoms. The quantitative estimate of drug-likeness (QED) is 0.783. The molecule has 1 saturated carbocycles. The highest BCUT2D eigenvalue weighted by Gasteiger charge is 2.32. The molecule has 0 heterocycles. The van der Waals surface area contributed by atoms with E-state index in [0.717, 1.165) is 11.8 Å². The van der Waals surface area contributed by atoms with E-state index in [2.05, 4.69) is 65.2 Å². The van der Waals surface area contributed by atoms with Crippen LogP contribution >= 0.6 is 0 Å². The molecule has 1 atom stereocenters. The Hall–Kier alpha value is -0.820. The van der Waals surface area contributed by atoms with Gasteiger partial charge in [-0.2, -0.15) is 0 Å². The molecule has 1 N–H and O–H groups in total. The van der Waals surface area contributed by atoms with Crippen LogP contribution in [-0.4, -0.2) is 7.05 Å². The Morgan fingerprint density at radius 1 is 0.952 bits per heavy atom. The summed E-state index contributed by atoms with van der Waals surface area (Å²) in [6, 6.07) is 7.52. The molecular formula is C20H33N. The van der Waals surface area contributed by atoms with E-state index in [4.69, 9.17) is 0 Å². The number of hydrogen-bond acceptors (Lipinski definition) is 1. The Kier molecular flexibility index (Phi) is 5.14. The van der Waals surface area contributed by atoms with Crippen molar-refractivity contribution in [1.29, 1.82) is 0 Å². The molecule has 0 spiro atoms. The Morgan fingerprint density at radius 2 is 1.48 bits per heavy atom. The topological polar surface area (TPSA) is 12.0 Å². The predicted molar refractivity (Wildman–Crippen MR) is 92.6 cm³/mol. The van der Waals surface area contributed by atoms with E-state index >= 15 is 0 Å². The zero-order valence-electron chi connectivity index (χ0n) is 14.8. The molecule has 1 aromatic carbocycles. The average Bonchev–Trinajstić information content (AvgIpc) is 2.38. The Bertz CT molecular complexity index is 441. The van der Waals surface area contributed by atoms with Crippen LogP contribution in [0.25, 0.3) is 0 Å². The fourth-order valence-corrected chi connectivity index (χ4v) is 4.18. The van der Waals surface area contributed by atoms with E-state index in [1.807, 2.05) is 0 Å². The van der Waals surface area contributed by atoms with Crippen molar-refractivity contribution in [3.8, 4) is 0 Å². The molecule has 0 aromatic heterocycles. The van der Waals surface area contributed by atoms with Crippen LogP contribution in [0.15, 0.2) is 18.2 Å². The highest BCUT2D eigenvalue weighted by Crippen LogP contribution is 2.43. The first-order valence-electron chi connectivity index (χ1n) is 8.56. The van der Waals surface area contributed by atoms with Crippen LogP contribution in [0.5, 0.6) is 0 Å². The van der Waals surface area contributed by atoms with Crippen LogP contribution in [0.2, 0.25) is 0 Å². The van der Waals surface area contributed by atoms with Crippen molar-refractivity contribution in [3.63, 3.8) is 0 Å². The number of nitrogens with one attached hydrogen (secondary N) is 1. The van der Waals surface area contributed by atoms with Crippen molar-refractivity contribution in [2.45, 2.75) is 66.3 Å². The van der Waals surface area contributed by atoms with E-state index in [9.17, 15) is 0 Å². The summed E-state index contributed by atoms with van der Waals surface area (Å²) in [5.41, 5.74) is 4.72. The third-order valence-corrected chi connectivity index (χ3v) is 5.38. The minimum Gasteiger partial charge on any atom is -0.313 e. The first-order valence-corrected chi connectivity index (χ1v) is 8.56. The van der Waals surface area contributed by atoms with Gasteiger partial charge >= 0.3 is 0 Å². The monoisotopic (exact) mass is 287 g/mol. The molecule has 1 aliphatic carbocycles. The van der Waals surface area contributed by atoms with Gasteiger partial charge in [0.05, 0.1) is 0 Å². The molecule has 118 valence electrons. The normalized spacial score (nSPS) is 24.9. The minimum absolute atomic E-state index is 0.472. The van der Waals surface area contributed by atoms with Gasteiger partial charge in [-0.3, -0.25) is 0 Å². The second kappa shape index (κ2) is 6.52. The molecule has 2 rings (SSSR count). The maximum atomic E-state index is 3.60. The van der Waals surface area contributed by atoms with Gasteiger partial charge in [-0.05, 0) is 69.4 Å². The second-order valence-electron chi connectivity index (χ2n) is 8.17. The van der Waals surface area contributed by atoms with Crippen LogP contribution in [0.4, 0.5) is 0 Å². The molecule has 21 heavy (non-hydrogen) atoms. The van der Waals surface area contributed by atoms with Gasteiger partial charge in [0, 0.05) is 6.04 Å². The number of rotatable bonds is 3. The SMILES string of the molecule is CNC(c1cc(C)cc(C)c1)C1CCC(C(C)(C)C)CC1. The van der Waals surface area contributed by atoms with Crippen molar-refractivity contribution in [2.24, 2.45) is 17.3 Å². The fourth-order valence-electron chi connectivity index (χ4n) is 4.18. The standard InChI is InChI=1S/C20H33N/c1-14-11-15(2)13-17(12-14)19(21-6)16-7-9-18(10-8-16)20(3,4)5/h11-13,16,18-19,21H,7-10H2,1-6H3. The smallest absolute Gasteiger partial charge is 0.0346 e. The Balaban J connectivity index is 2.09. The van der Waals surface area contributed by atoms with Crippen LogP contribution < -0.4 is 5.32 Å². The maximum Gasteiger partial charge on any atom is 0.0346 e. The lowest BCUT2D eigenvalue weighted by Crippen LogP contribution is -2.32. The first kappa shape index (κ1) is 16.5. The van der Waals surface area contributed by atoms with Gasteiger partial charge in [0.15, 0.2) is 0 Å². The van der Waals surface area contributed by atoms with Crippen molar-refractivity contribution in [2.75, 3.05) is 7.05 Å². The summed E-state index contributed by atoms with van der Waals surface area (Å²) >= 11 is 0. The number of hydrogen-bond donors (Lipinski definition) is 1. The van der Waals surface area contributed by atoms with Gasteiger partial charge in [-0.15, -0.1) is 0 Å². The Morgan fingerprint density at radius 3 is 1.90 bits per heavy atom. The van der Waals surface area contributed by atoms with Crippen LogP contribution in [0.1, 0.15) is 69.2 Å². The van der Waals surface area contributed by atoms with Crippen LogP contribution in [0, 0.1) is 31.1 Å². The van der Waals surface area contributed by atoms with Crippen molar-refractivity contribution >= 4 is 0 Å². The summed E-state index contributed by atoms with van der Waals surface area (Å²) in [5.74, 6) is 1.68. The minimum atomic E-state index is 0.472. The average molecular weight is 287 g/mol. The highest BCUT2D eigenvalue weighted by atomic mass is 14.9. The van der Waals surface area contributed by atoms with E-state index in [0.29, 0.717) is 11.5 Å². The van der Waals surface area contributed by atoms with Crippen molar-refractivity contribution in [1.82, 2.24) is 5.32 Å². The number of benzene rings is 1. The zero-order chi connectivity index (χ0) is 15.6. The second-order valence-corrected chi connectivity index (χ2v) is 8.17. The van der Waals surface area contributed by atoms with Gasteiger partial charge in [-0.25, -0.2) is 0 Å². The number of aryl methyl sites for hydroxylation is 2. The third-order valence-electron chi connectivity index (χ3n) is 5.38. The van der Waals surface area contributed by atoms with Gasteiger partial charge in [0.1, 0.15) is 0 Å². The third kappa shape index (κ3) is 4.10. The molecule has 0 saturated heterocycles. The van der Waals surface area contributed by atoms with Gasteiger partial charge < -0.3 is 5.32 Å². The summed E-state index contributed by atoms with van der Waals surface area (Å²) in [5, 5.41) is 3.60. The summed E-state index contributed by atoms with van der Waals surface area (Å²) in [6.45, 7) is 11.6. The lowest BCUT2D eigenvalue weighted by molar-refractivity contribution is 0.134. The summed E-state index contributed by atoms with van der Waals surface area (Å²) in [4.78, 5) is 0. The fraction of sp³-hybridized carbons (Fsp3) is 0.700. The summed E-state index contributed by atoms with van der Waals surface area (Å²) in [7, 11) is 2.12. The molecule has 0 radical (unpaired) electrons. The summed E-state index contributed by atoms with van der Waals surface area (Å²) in [6.07, 6.45) is 5.50. The first-order chi connectivity index (χ1) is 9.81. The molecular weight excluding hydrogens is 254 g/mol. The molecule has 1 aliphatic rings. The lowest BCUT2D eigenvalue weighted by Gasteiger charge is -2.39. The Labute approximate surface area is 131 Å². The van der Waals surface area contributed by atoms with E-state index in [1.165, 1.54) is 42.4 Å². The van der Waals surface area contributed by atoms with E-state index in [-0.39, 0.29) is 0 Å². The van der Waals surface area contributed by atoms with E-state index in [1.54, 1.807) is 0 Å². The van der Waals surface area contributed by atoms with Crippen LogP contribution in [0.3, 0.4) is 0 Å². The predicted octanol–water partition coefficient (Wildman–Crippen LogP) is 5.42. The molecule has 0 aliphatic heterocycles. The van der Waals surface area contributed by atoms with Crippen LogP contribution in [-0.2, 0) is 0 Å². The lowest BCUT2D eigenvalue weighted by atomic mass is 9.68. The zero-order valence-corrected chi connectivity index (χ0v) is 14.8. The van der Waals surface area contributed by atoms with Gasteiger partial charge in [-0.1, -0.05) is 50.1 Å². The van der Waals surface area contributed by atoms with Gasteiger partial charge in [0.2, 0.25) is 0 Å². The maximum absolute atomic E-state index is 3.60. The molecule has 1 unspecified atom stereocenters. The molecule has 1 fully saturated rings. The molecule has 0 amide bonds. The summed E-state index contributed by atoms with van der Waals surface area (Å²) < 4.78 is 0. The highest BCUT2D eigenvalue weighted by molar-refractivity contribution is 5.31. The van der Waals surface area contributed by atoms with Crippen molar-refractivity contribution < 1.29 is 0 Å². The van der Waals surface area contributed by atoms with Crippen molar-refractivity contribution in [3.05, 3.63) is 34.9 Å². The molecule has 0 bridgehead atoms. The molecule has 1 nitrogen and oxygen atoms in total. The molecule has 1 aromatic rings.